The summed E-state index contributed by atoms with van der Waals surface area (Å²) in [6.07, 6.45) is 0. The van der Waals surface area contributed by atoms with E-state index < -0.39 is 0 Å². The second-order valence-electron chi connectivity index (χ2n) is 3.96. The van der Waals surface area contributed by atoms with Gasteiger partial charge in [0.15, 0.2) is 0 Å². The molecule has 0 N–H and O–H groups in total. The van der Waals surface area contributed by atoms with E-state index in [1.54, 1.807) is 0 Å². The molecule has 0 atom stereocenters. The van der Waals surface area contributed by atoms with Gasteiger partial charge < -0.3 is 0 Å². The fourth-order valence-corrected chi connectivity index (χ4v) is 3.27. The average molecular weight is 366 g/mol. The van der Waals surface area contributed by atoms with Crippen LogP contribution in [0.1, 0.15) is 11.1 Å². The number of alkyl halides is 2. The van der Waals surface area contributed by atoms with Crippen LogP contribution in [0.4, 0.5) is 0 Å². The minimum atomic E-state index is 0.854. The summed E-state index contributed by atoms with van der Waals surface area (Å²) in [5.41, 5.74) is 5.21. The molecule has 0 bridgehead atoms. The minimum Gasteiger partial charge on any atom is -0.0876 e. The van der Waals surface area contributed by atoms with Crippen LogP contribution in [0.5, 0.6) is 0 Å². The van der Waals surface area contributed by atoms with Crippen LogP contribution in [0, 0.1) is 0 Å². The summed E-state index contributed by atoms with van der Waals surface area (Å²) in [7, 11) is 0. The maximum absolute atomic E-state index is 3.61. The van der Waals surface area contributed by atoms with E-state index in [9.17, 15) is 0 Å². The third-order valence-corrected chi connectivity index (χ3v) is 4.00. The lowest BCUT2D eigenvalue weighted by Gasteiger charge is -2.12. The van der Waals surface area contributed by atoms with Gasteiger partial charge in [-0.05, 0) is 22.3 Å². The Balaban J connectivity index is 2.53. The van der Waals surface area contributed by atoms with Crippen LogP contribution in [0.3, 0.4) is 0 Å². The highest BCUT2D eigenvalue weighted by molar-refractivity contribution is 9.09. The number of halogens is 2. The number of benzene rings is 2. The molecular formula is C16H14Br2. The fraction of sp³-hybridized carbons (Fsp3) is 0.125. The van der Waals surface area contributed by atoms with Crippen molar-refractivity contribution in [2.24, 2.45) is 0 Å². The van der Waals surface area contributed by atoms with Crippen molar-refractivity contribution in [1.29, 1.82) is 0 Å². The van der Waals surface area contributed by atoms with E-state index in [1.807, 2.05) is 12.1 Å². The van der Waals surface area contributed by atoms with Gasteiger partial charge >= 0.3 is 0 Å². The molecule has 0 saturated heterocycles. The van der Waals surface area contributed by atoms with Crippen LogP contribution in [0.25, 0.3) is 11.1 Å². The van der Waals surface area contributed by atoms with E-state index in [0.29, 0.717) is 0 Å². The Morgan fingerprint density at radius 1 is 0.611 bits per heavy atom. The number of rotatable bonds is 4. The molecule has 0 saturated carbocycles. The zero-order valence-electron chi connectivity index (χ0n) is 9.94. The molecule has 0 aliphatic carbocycles. The van der Waals surface area contributed by atoms with Gasteiger partial charge in [-0.25, -0.2) is 0 Å². The topological polar surface area (TPSA) is 0 Å². The molecule has 0 nitrogen and oxygen atoms in total. The molecular weight excluding hydrogens is 352 g/mol. The maximum atomic E-state index is 3.61. The molecule has 0 amide bonds. The molecule has 0 aromatic heterocycles. The van der Waals surface area contributed by atoms with Gasteiger partial charge in [-0.2, -0.15) is 0 Å². The van der Waals surface area contributed by atoms with Gasteiger partial charge in [0.25, 0.3) is 0 Å². The largest absolute Gasteiger partial charge is 0.0876 e. The standard InChI is InChI=1S/C16H14Br2/c17-11-15(13-7-3-1-4-8-13)16(12-18)14-9-5-2-6-10-14/h1-10H,11-12H2/b16-15+. The highest BCUT2D eigenvalue weighted by Crippen LogP contribution is 2.29. The van der Waals surface area contributed by atoms with Crippen LogP contribution >= 0.6 is 31.9 Å². The second kappa shape index (κ2) is 6.91. The number of allylic oxidation sites excluding steroid dienone is 2. The summed E-state index contributed by atoms with van der Waals surface area (Å²) in [6.45, 7) is 0. The molecule has 2 rings (SSSR count). The Morgan fingerprint density at radius 3 is 1.22 bits per heavy atom. The zero-order valence-corrected chi connectivity index (χ0v) is 13.1. The molecule has 0 heterocycles. The van der Waals surface area contributed by atoms with Crippen LogP contribution in [-0.2, 0) is 0 Å². The molecule has 0 aliphatic heterocycles. The Morgan fingerprint density at radius 2 is 0.944 bits per heavy atom. The number of hydrogen-bond donors (Lipinski definition) is 0. The van der Waals surface area contributed by atoms with Gasteiger partial charge in [-0.1, -0.05) is 92.5 Å². The Bertz CT molecular complexity index is 466. The molecule has 0 aliphatic rings. The lowest BCUT2D eigenvalue weighted by Crippen LogP contribution is -1.95. The first-order valence-electron chi connectivity index (χ1n) is 5.81. The van der Waals surface area contributed by atoms with Crippen molar-refractivity contribution in [1.82, 2.24) is 0 Å². The Kier molecular flexibility index (Phi) is 5.21. The quantitative estimate of drug-likeness (QED) is 0.503. The van der Waals surface area contributed by atoms with Crippen LogP contribution in [0.15, 0.2) is 60.7 Å². The average Bonchev–Trinajstić information content (AvgIpc) is 2.46. The molecule has 18 heavy (non-hydrogen) atoms. The molecule has 0 unspecified atom stereocenters. The summed E-state index contributed by atoms with van der Waals surface area (Å²) in [5, 5.41) is 1.71. The van der Waals surface area contributed by atoms with Gasteiger partial charge in [0.2, 0.25) is 0 Å². The maximum Gasteiger partial charge on any atom is 0.0292 e. The molecule has 0 spiro atoms. The highest BCUT2D eigenvalue weighted by atomic mass is 79.9. The van der Waals surface area contributed by atoms with Gasteiger partial charge in [0, 0.05) is 10.7 Å². The SMILES string of the molecule is BrC/C(=C(/CBr)c1ccccc1)c1ccccc1. The van der Waals surface area contributed by atoms with Crippen molar-refractivity contribution in [2.75, 3.05) is 10.7 Å². The monoisotopic (exact) mass is 364 g/mol. The van der Waals surface area contributed by atoms with Gasteiger partial charge in [-0.3, -0.25) is 0 Å². The minimum absolute atomic E-state index is 0.854. The summed E-state index contributed by atoms with van der Waals surface area (Å²) in [5.74, 6) is 0. The van der Waals surface area contributed by atoms with E-state index in [2.05, 4.69) is 80.4 Å². The van der Waals surface area contributed by atoms with Crippen molar-refractivity contribution in [3.05, 3.63) is 71.8 Å². The van der Waals surface area contributed by atoms with Gasteiger partial charge in [-0.15, -0.1) is 0 Å². The molecule has 0 radical (unpaired) electrons. The molecule has 92 valence electrons. The predicted molar refractivity (Wildman–Crippen MR) is 87.3 cm³/mol. The first kappa shape index (κ1) is 13.6. The summed E-state index contributed by atoms with van der Waals surface area (Å²) < 4.78 is 0. The van der Waals surface area contributed by atoms with Crippen molar-refractivity contribution in [2.45, 2.75) is 0 Å². The number of hydrogen-bond acceptors (Lipinski definition) is 0. The lowest BCUT2D eigenvalue weighted by atomic mass is 9.97. The molecule has 2 heteroatoms. The van der Waals surface area contributed by atoms with Crippen molar-refractivity contribution < 1.29 is 0 Å². The summed E-state index contributed by atoms with van der Waals surface area (Å²) >= 11 is 7.23. The fourth-order valence-electron chi connectivity index (χ4n) is 1.94. The molecule has 2 aromatic carbocycles. The second-order valence-corrected chi connectivity index (χ2v) is 5.08. The normalized spacial score (nSPS) is 12.1. The van der Waals surface area contributed by atoms with Crippen molar-refractivity contribution in [3.63, 3.8) is 0 Å². The van der Waals surface area contributed by atoms with Gasteiger partial charge in [0.1, 0.15) is 0 Å². The van der Waals surface area contributed by atoms with Gasteiger partial charge in [0.05, 0.1) is 0 Å². The first-order valence-corrected chi connectivity index (χ1v) is 8.06. The smallest absolute Gasteiger partial charge is 0.0292 e. The first-order chi connectivity index (χ1) is 8.86. The molecule has 2 aromatic rings. The predicted octanol–water partition coefficient (Wildman–Crippen LogP) is 5.39. The van der Waals surface area contributed by atoms with E-state index in [-0.39, 0.29) is 0 Å². The Labute approximate surface area is 125 Å². The van der Waals surface area contributed by atoms with Crippen LogP contribution in [0.2, 0.25) is 0 Å². The third kappa shape index (κ3) is 3.12. The van der Waals surface area contributed by atoms with E-state index in [0.717, 1.165) is 10.7 Å². The van der Waals surface area contributed by atoms with E-state index >= 15 is 0 Å². The Hall–Kier alpha value is -0.860. The summed E-state index contributed by atoms with van der Waals surface area (Å²) in [6, 6.07) is 21.0. The summed E-state index contributed by atoms with van der Waals surface area (Å²) in [4.78, 5) is 0. The molecule has 0 fully saturated rings. The van der Waals surface area contributed by atoms with Crippen LogP contribution < -0.4 is 0 Å². The highest BCUT2D eigenvalue weighted by Gasteiger charge is 2.09. The van der Waals surface area contributed by atoms with Crippen LogP contribution in [-0.4, -0.2) is 10.7 Å². The lowest BCUT2D eigenvalue weighted by molar-refractivity contribution is 1.53. The zero-order chi connectivity index (χ0) is 12.8. The third-order valence-electron chi connectivity index (χ3n) is 2.88. The van der Waals surface area contributed by atoms with Crippen molar-refractivity contribution in [3.8, 4) is 0 Å². The van der Waals surface area contributed by atoms with E-state index in [1.165, 1.54) is 22.3 Å². The van der Waals surface area contributed by atoms with Crippen molar-refractivity contribution >= 4 is 43.0 Å². The van der Waals surface area contributed by atoms with E-state index in [4.69, 9.17) is 0 Å².